The number of hydrogen-bond donors (Lipinski definition) is 1. The van der Waals surface area contributed by atoms with Gasteiger partial charge in [0.15, 0.2) is 5.78 Å². The number of carbonyl (C=O) groups is 1. The molecular formula is C16H17N5O. The monoisotopic (exact) mass is 295 g/mol. The Balaban J connectivity index is 2.15. The van der Waals surface area contributed by atoms with Gasteiger partial charge >= 0.3 is 0 Å². The lowest BCUT2D eigenvalue weighted by molar-refractivity contribution is 0.103. The molecule has 0 aliphatic rings. The first-order valence-electron chi connectivity index (χ1n) is 7.10. The van der Waals surface area contributed by atoms with Gasteiger partial charge in [-0.15, -0.1) is 0 Å². The second-order valence-electron chi connectivity index (χ2n) is 5.35. The molecule has 0 saturated carbocycles. The Morgan fingerprint density at radius 1 is 1.23 bits per heavy atom. The van der Waals surface area contributed by atoms with Gasteiger partial charge in [0.2, 0.25) is 0 Å². The molecule has 0 saturated heterocycles. The summed E-state index contributed by atoms with van der Waals surface area (Å²) in [6, 6.07) is 2.00. The fourth-order valence-electron chi connectivity index (χ4n) is 2.42. The third-order valence-corrected chi connectivity index (χ3v) is 3.58. The first-order valence-corrected chi connectivity index (χ1v) is 7.10. The van der Waals surface area contributed by atoms with Gasteiger partial charge in [-0.2, -0.15) is 0 Å². The summed E-state index contributed by atoms with van der Waals surface area (Å²) in [6.45, 7) is 4.11. The molecule has 3 aromatic heterocycles. The molecule has 6 heteroatoms. The lowest BCUT2D eigenvalue weighted by Crippen LogP contribution is -2.03. The highest BCUT2D eigenvalue weighted by Crippen LogP contribution is 2.24. The van der Waals surface area contributed by atoms with E-state index in [4.69, 9.17) is 0 Å². The van der Waals surface area contributed by atoms with Gasteiger partial charge in [-0.1, -0.05) is 0 Å². The van der Waals surface area contributed by atoms with Crippen LogP contribution in [0.4, 0.5) is 5.69 Å². The van der Waals surface area contributed by atoms with E-state index in [9.17, 15) is 4.79 Å². The van der Waals surface area contributed by atoms with Crippen LogP contribution < -0.4 is 5.32 Å². The van der Waals surface area contributed by atoms with Gasteiger partial charge in [-0.25, -0.2) is 9.97 Å². The van der Waals surface area contributed by atoms with E-state index in [-0.39, 0.29) is 11.8 Å². The SMILES string of the molecule is CNc1cncc(C(=O)c2cn(C(C)C)c3ncncc23)c1. The highest BCUT2D eigenvalue weighted by atomic mass is 16.1. The van der Waals surface area contributed by atoms with E-state index < -0.39 is 0 Å². The molecule has 3 aromatic rings. The first kappa shape index (κ1) is 14.2. The van der Waals surface area contributed by atoms with Gasteiger partial charge < -0.3 is 9.88 Å². The van der Waals surface area contributed by atoms with Crippen LogP contribution in [-0.4, -0.2) is 32.3 Å². The molecule has 0 aromatic carbocycles. The molecule has 112 valence electrons. The second kappa shape index (κ2) is 5.55. The molecule has 0 aliphatic carbocycles. The molecule has 0 spiro atoms. The summed E-state index contributed by atoms with van der Waals surface area (Å²) in [4.78, 5) is 25.3. The zero-order chi connectivity index (χ0) is 15.7. The zero-order valence-electron chi connectivity index (χ0n) is 12.7. The number of rotatable bonds is 4. The van der Waals surface area contributed by atoms with Gasteiger partial charge in [0.25, 0.3) is 0 Å². The van der Waals surface area contributed by atoms with Crippen LogP contribution in [0.3, 0.4) is 0 Å². The Labute approximate surface area is 128 Å². The Kier molecular flexibility index (Phi) is 3.58. The van der Waals surface area contributed by atoms with Gasteiger partial charge in [0.1, 0.15) is 12.0 Å². The number of pyridine rings is 1. The maximum absolute atomic E-state index is 12.8. The summed E-state index contributed by atoms with van der Waals surface area (Å²) in [5, 5.41) is 3.75. The predicted octanol–water partition coefficient (Wildman–Crippen LogP) is 2.68. The Hall–Kier alpha value is -2.76. The fraction of sp³-hybridized carbons (Fsp3) is 0.250. The quantitative estimate of drug-likeness (QED) is 0.749. The number of aromatic nitrogens is 4. The molecule has 0 aliphatic heterocycles. The first-order chi connectivity index (χ1) is 10.6. The Morgan fingerprint density at radius 2 is 2.05 bits per heavy atom. The summed E-state index contributed by atoms with van der Waals surface area (Å²) < 4.78 is 1.99. The van der Waals surface area contributed by atoms with Gasteiger partial charge in [-0.3, -0.25) is 9.78 Å². The van der Waals surface area contributed by atoms with E-state index in [0.717, 1.165) is 16.7 Å². The van der Waals surface area contributed by atoms with Crippen molar-refractivity contribution < 1.29 is 4.79 Å². The van der Waals surface area contributed by atoms with Crippen LogP contribution in [-0.2, 0) is 0 Å². The van der Waals surface area contributed by atoms with Crippen molar-refractivity contribution in [2.24, 2.45) is 0 Å². The highest BCUT2D eigenvalue weighted by Gasteiger charge is 2.19. The van der Waals surface area contributed by atoms with Crippen molar-refractivity contribution in [3.8, 4) is 0 Å². The molecule has 0 atom stereocenters. The molecule has 3 heterocycles. The van der Waals surface area contributed by atoms with E-state index in [0.29, 0.717) is 11.1 Å². The number of nitrogens with zero attached hydrogens (tertiary/aromatic N) is 4. The smallest absolute Gasteiger partial charge is 0.196 e. The molecule has 1 N–H and O–H groups in total. The molecule has 0 unspecified atom stereocenters. The molecule has 0 fully saturated rings. The standard InChI is InChI=1S/C16H17N5O/c1-10(2)21-8-14(13-7-19-9-20-16(13)21)15(22)11-4-12(17-3)6-18-5-11/h4-10,17H,1-3H3. The molecule has 6 nitrogen and oxygen atoms in total. The van der Waals surface area contributed by atoms with E-state index in [1.165, 1.54) is 6.33 Å². The number of hydrogen-bond acceptors (Lipinski definition) is 5. The van der Waals surface area contributed by atoms with Crippen LogP contribution in [0.15, 0.2) is 37.2 Å². The summed E-state index contributed by atoms with van der Waals surface area (Å²) in [5.74, 6) is -0.0798. The van der Waals surface area contributed by atoms with Gasteiger partial charge in [-0.05, 0) is 19.9 Å². The van der Waals surface area contributed by atoms with Crippen LogP contribution in [0.2, 0.25) is 0 Å². The number of carbonyl (C=O) groups excluding carboxylic acids is 1. The molecule has 3 rings (SSSR count). The molecule has 0 bridgehead atoms. The largest absolute Gasteiger partial charge is 0.387 e. The van der Waals surface area contributed by atoms with E-state index in [1.54, 1.807) is 31.7 Å². The van der Waals surface area contributed by atoms with Crippen molar-refractivity contribution in [2.75, 3.05) is 12.4 Å². The summed E-state index contributed by atoms with van der Waals surface area (Å²) in [5.41, 5.74) is 2.71. The summed E-state index contributed by atoms with van der Waals surface area (Å²) in [6.07, 6.45) is 8.28. The fourth-order valence-corrected chi connectivity index (χ4v) is 2.42. The minimum Gasteiger partial charge on any atom is -0.387 e. The summed E-state index contributed by atoms with van der Waals surface area (Å²) >= 11 is 0. The van der Waals surface area contributed by atoms with Crippen LogP contribution in [0.25, 0.3) is 11.0 Å². The van der Waals surface area contributed by atoms with Crippen molar-refractivity contribution in [3.63, 3.8) is 0 Å². The maximum Gasteiger partial charge on any atom is 0.196 e. The van der Waals surface area contributed by atoms with Crippen LogP contribution in [0, 0.1) is 0 Å². The van der Waals surface area contributed by atoms with Crippen molar-refractivity contribution in [2.45, 2.75) is 19.9 Å². The Morgan fingerprint density at radius 3 is 2.77 bits per heavy atom. The van der Waals surface area contributed by atoms with Crippen LogP contribution in [0.5, 0.6) is 0 Å². The third kappa shape index (κ3) is 2.32. The number of anilines is 1. The normalized spacial score (nSPS) is 11.1. The van der Waals surface area contributed by atoms with Gasteiger partial charge in [0, 0.05) is 48.8 Å². The summed E-state index contributed by atoms with van der Waals surface area (Å²) in [7, 11) is 1.80. The van der Waals surface area contributed by atoms with Crippen molar-refractivity contribution in [1.29, 1.82) is 0 Å². The maximum atomic E-state index is 12.8. The minimum absolute atomic E-state index is 0.0798. The molecular weight excluding hydrogens is 278 g/mol. The van der Waals surface area contributed by atoms with E-state index >= 15 is 0 Å². The number of fused-ring (bicyclic) bond motifs is 1. The lowest BCUT2D eigenvalue weighted by atomic mass is 10.1. The molecule has 22 heavy (non-hydrogen) atoms. The van der Waals surface area contributed by atoms with E-state index in [2.05, 4.69) is 34.1 Å². The predicted molar refractivity (Wildman–Crippen MR) is 85.1 cm³/mol. The Bertz CT molecular complexity index is 837. The third-order valence-electron chi connectivity index (χ3n) is 3.58. The second-order valence-corrected chi connectivity index (χ2v) is 5.35. The zero-order valence-corrected chi connectivity index (χ0v) is 12.7. The highest BCUT2D eigenvalue weighted by molar-refractivity contribution is 6.16. The van der Waals surface area contributed by atoms with Gasteiger partial charge in [0.05, 0.1) is 11.3 Å². The van der Waals surface area contributed by atoms with Crippen molar-refractivity contribution in [1.82, 2.24) is 19.5 Å². The number of ketones is 1. The van der Waals surface area contributed by atoms with Crippen molar-refractivity contribution >= 4 is 22.5 Å². The average Bonchev–Trinajstić information content (AvgIpc) is 2.94. The molecule has 0 amide bonds. The lowest BCUT2D eigenvalue weighted by Gasteiger charge is -2.07. The number of nitrogens with one attached hydrogen (secondary N) is 1. The van der Waals surface area contributed by atoms with Crippen LogP contribution in [0.1, 0.15) is 35.8 Å². The topological polar surface area (TPSA) is 72.7 Å². The minimum atomic E-state index is -0.0798. The molecule has 0 radical (unpaired) electrons. The van der Waals surface area contributed by atoms with E-state index in [1.807, 2.05) is 10.8 Å². The van der Waals surface area contributed by atoms with Crippen LogP contribution >= 0.6 is 0 Å². The average molecular weight is 295 g/mol. The van der Waals surface area contributed by atoms with Crippen molar-refractivity contribution in [3.05, 3.63) is 48.3 Å².